The molecule has 0 saturated heterocycles. The minimum absolute atomic E-state index is 0.00266. The first-order valence-electron chi connectivity index (χ1n) is 8.41. The highest BCUT2D eigenvalue weighted by Gasteiger charge is 2.39. The van der Waals surface area contributed by atoms with E-state index in [9.17, 15) is 5.11 Å². The summed E-state index contributed by atoms with van der Waals surface area (Å²) in [6.07, 6.45) is 3.41. The van der Waals surface area contributed by atoms with Crippen LogP contribution < -0.4 is 5.32 Å². The highest BCUT2D eigenvalue weighted by atomic mass is 16.3. The summed E-state index contributed by atoms with van der Waals surface area (Å²) in [5.74, 6) is 1.09. The van der Waals surface area contributed by atoms with Crippen molar-refractivity contribution in [1.82, 2.24) is 14.9 Å². The Balaban J connectivity index is 1.87. The van der Waals surface area contributed by atoms with Crippen LogP contribution in [-0.4, -0.2) is 27.3 Å². The molecule has 0 amide bonds. The number of aromatic nitrogens is 2. The zero-order valence-electron chi connectivity index (χ0n) is 13.8. The predicted molar refractivity (Wildman–Crippen MR) is 89.8 cm³/mol. The van der Waals surface area contributed by atoms with Crippen LogP contribution in [0.3, 0.4) is 0 Å². The summed E-state index contributed by atoms with van der Waals surface area (Å²) in [6.45, 7) is 7.71. The standard InChI is InChI=1S/C18H27N3O/c1-4-21-15-9-6-5-8-14(15)20-17(21)13(2)19-16-10-7-11-18(16,3)12-22/h5-6,8-9,13,16,19,22H,4,7,10-12H2,1-3H3. The molecule has 2 aromatic rings. The van der Waals surface area contributed by atoms with Crippen LogP contribution in [0, 0.1) is 5.41 Å². The summed E-state index contributed by atoms with van der Waals surface area (Å²) in [5.41, 5.74) is 2.26. The van der Waals surface area contributed by atoms with Gasteiger partial charge in [-0.05, 0) is 38.8 Å². The maximum Gasteiger partial charge on any atom is 0.126 e. The van der Waals surface area contributed by atoms with E-state index in [0.29, 0.717) is 6.04 Å². The van der Waals surface area contributed by atoms with Crippen molar-refractivity contribution in [3.05, 3.63) is 30.1 Å². The van der Waals surface area contributed by atoms with Crippen molar-refractivity contribution in [2.45, 2.75) is 58.7 Å². The molecule has 4 heteroatoms. The number of hydrogen-bond donors (Lipinski definition) is 2. The molecule has 22 heavy (non-hydrogen) atoms. The summed E-state index contributed by atoms with van der Waals surface area (Å²) in [5, 5.41) is 13.5. The molecule has 4 nitrogen and oxygen atoms in total. The quantitative estimate of drug-likeness (QED) is 0.891. The number of rotatable bonds is 5. The van der Waals surface area contributed by atoms with Gasteiger partial charge in [-0.1, -0.05) is 25.5 Å². The predicted octanol–water partition coefficient (Wildman–Crippen LogP) is 3.26. The largest absolute Gasteiger partial charge is 0.396 e. The van der Waals surface area contributed by atoms with E-state index >= 15 is 0 Å². The lowest BCUT2D eigenvalue weighted by molar-refractivity contribution is 0.113. The third-order valence-electron chi connectivity index (χ3n) is 5.28. The number of aliphatic hydroxyl groups is 1. The Bertz CT molecular complexity index is 651. The zero-order chi connectivity index (χ0) is 15.7. The van der Waals surface area contributed by atoms with Crippen LogP contribution in [0.4, 0.5) is 0 Å². The average molecular weight is 301 g/mol. The topological polar surface area (TPSA) is 50.1 Å². The lowest BCUT2D eigenvalue weighted by Crippen LogP contribution is -2.43. The van der Waals surface area contributed by atoms with Crippen molar-refractivity contribution in [3.63, 3.8) is 0 Å². The summed E-state index contributed by atoms with van der Waals surface area (Å²) in [4.78, 5) is 4.84. The summed E-state index contributed by atoms with van der Waals surface area (Å²) < 4.78 is 2.29. The fourth-order valence-electron chi connectivity index (χ4n) is 3.84. The first-order chi connectivity index (χ1) is 10.6. The van der Waals surface area contributed by atoms with E-state index in [4.69, 9.17) is 4.98 Å². The van der Waals surface area contributed by atoms with Gasteiger partial charge in [0.25, 0.3) is 0 Å². The first kappa shape index (κ1) is 15.5. The summed E-state index contributed by atoms with van der Waals surface area (Å²) in [7, 11) is 0. The molecule has 1 fully saturated rings. The molecule has 3 rings (SSSR count). The fraction of sp³-hybridized carbons (Fsp3) is 0.611. The molecule has 0 aliphatic heterocycles. The number of aliphatic hydroxyl groups excluding tert-OH is 1. The number of benzene rings is 1. The van der Waals surface area contributed by atoms with Crippen LogP contribution in [-0.2, 0) is 6.54 Å². The van der Waals surface area contributed by atoms with Gasteiger partial charge >= 0.3 is 0 Å². The van der Waals surface area contributed by atoms with Crippen molar-refractivity contribution in [3.8, 4) is 0 Å². The van der Waals surface area contributed by atoms with E-state index in [0.717, 1.165) is 30.7 Å². The number of para-hydroxylation sites is 2. The second-order valence-electron chi connectivity index (χ2n) is 6.85. The fourth-order valence-corrected chi connectivity index (χ4v) is 3.84. The Morgan fingerprint density at radius 2 is 2.23 bits per heavy atom. The minimum atomic E-state index is -0.00266. The molecule has 3 atom stereocenters. The van der Waals surface area contributed by atoms with Crippen molar-refractivity contribution in [1.29, 1.82) is 0 Å². The van der Waals surface area contributed by atoms with Gasteiger partial charge in [0.05, 0.1) is 17.1 Å². The molecule has 0 spiro atoms. The smallest absolute Gasteiger partial charge is 0.126 e. The van der Waals surface area contributed by atoms with Crippen LogP contribution in [0.15, 0.2) is 24.3 Å². The molecule has 1 aliphatic rings. The van der Waals surface area contributed by atoms with E-state index in [-0.39, 0.29) is 18.1 Å². The summed E-state index contributed by atoms with van der Waals surface area (Å²) in [6, 6.07) is 8.86. The third-order valence-corrected chi connectivity index (χ3v) is 5.28. The monoisotopic (exact) mass is 301 g/mol. The maximum absolute atomic E-state index is 9.73. The molecule has 0 bridgehead atoms. The van der Waals surface area contributed by atoms with Gasteiger partial charge < -0.3 is 15.0 Å². The Morgan fingerprint density at radius 1 is 1.45 bits per heavy atom. The Hall–Kier alpha value is -1.39. The van der Waals surface area contributed by atoms with Gasteiger partial charge in [0.15, 0.2) is 0 Å². The van der Waals surface area contributed by atoms with Crippen molar-refractivity contribution in [2.24, 2.45) is 5.41 Å². The van der Waals surface area contributed by atoms with E-state index in [1.807, 2.05) is 6.07 Å². The third kappa shape index (κ3) is 2.55. The van der Waals surface area contributed by atoms with Crippen LogP contribution in [0.5, 0.6) is 0 Å². The first-order valence-corrected chi connectivity index (χ1v) is 8.41. The van der Waals surface area contributed by atoms with Crippen LogP contribution in [0.25, 0.3) is 11.0 Å². The lowest BCUT2D eigenvalue weighted by atomic mass is 9.85. The molecule has 3 unspecified atom stereocenters. The number of nitrogens with one attached hydrogen (secondary N) is 1. The molecule has 120 valence electrons. The maximum atomic E-state index is 9.73. The van der Waals surface area contributed by atoms with Gasteiger partial charge in [0.2, 0.25) is 0 Å². The number of fused-ring (bicyclic) bond motifs is 1. The minimum Gasteiger partial charge on any atom is -0.396 e. The normalized spacial score (nSPS) is 26.6. The molecule has 1 aromatic heterocycles. The van der Waals surface area contributed by atoms with E-state index in [2.05, 4.69) is 48.9 Å². The SMILES string of the molecule is CCn1c(C(C)NC2CCCC2(C)CO)nc2ccccc21. The number of hydrogen-bond acceptors (Lipinski definition) is 3. The van der Waals surface area contributed by atoms with Gasteiger partial charge in [-0.2, -0.15) is 0 Å². The molecule has 2 N–H and O–H groups in total. The molecular formula is C18H27N3O. The van der Waals surface area contributed by atoms with Crippen LogP contribution >= 0.6 is 0 Å². The number of imidazole rings is 1. The molecule has 1 aliphatic carbocycles. The number of aryl methyl sites for hydroxylation is 1. The van der Waals surface area contributed by atoms with Crippen molar-refractivity contribution in [2.75, 3.05) is 6.61 Å². The summed E-state index contributed by atoms with van der Waals surface area (Å²) >= 11 is 0. The van der Waals surface area contributed by atoms with E-state index in [1.165, 1.54) is 11.9 Å². The van der Waals surface area contributed by atoms with Gasteiger partial charge in [-0.3, -0.25) is 0 Å². The second kappa shape index (κ2) is 6.01. The molecule has 1 aromatic carbocycles. The molecule has 1 saturated carbocycles. The van der Waals surface area contributed by atoms with Crippen molar-refractivity contribution >= 4 is 11.0 Å². The van der Waals surface area contributed by atoms with Gasteiger partial charge in [-0.15, -0.1) is 0 Å². The highest BCUT2D eigenvalue weighted by molar-refractivity contribution is 5.76. The average Bonchev–Trinajstić information content (AvgIpc) is 3.08. The van der Waals surface area contributed by atoms with Gasteiger partial charge in [0.1, 0.15) is 5.82 Å². The van der Waals surface area contributed by atoms with Gasteiger partial charge in [0, 0.05) is 24.6 Å². The number of nitrogens with zero attached hydrogens (tertiary/aromatic N) is 2. The van der Waals surface area contributed by atoms with Gasteiger partial charge in [-0.25, -0.2) is 4.98 Å². The Labute approximate surface area is 132 Å². The van der Waals surface area contributed by atoms with Crippen LogP contribution in [0.1, 0.15) is 51.9 Å². The second-order valence-corrected chi connectivity index (χ2v) is 6.85. The van der Waals surface area contributed by atoms with Crippen LogP contribution in [0.2, 0.25) is 0 Å². The molecule has 1 heterocycles. The van der Waals surface area contributed by atoms with Crippen molar-refractivity contribution < 1.29 is 5.11 Å². The lowest BCUT2D eigenvalue weighted by Gasteiger charge is -2.32. The molecule has 0 radical (unpaired) electrons. The van der Waals surface area contributed by atoms with E-state index < -0.39 is 0 Å². The zero-order valence-corrected chi connectivity index (χ0v) is 13.8. The highest BCUT2D eigenvalue weighted by Crippen LogP contribution is 2.38. The Kier molecular flexibility index (Phi) is 4.24. The molecular weight excluding hydrogens is 274 g/mol. The Morgan fingerprint density at radius 3 is 2.95 bits per heavy atom. The van der Waals surface area contributed by atoms with E-state index in [1.54, 1.807) is 0 Å².